The quantitative estimate of drug-likeness (QED) is 0.375. The molecule has 1 amide bonds. The van der Waals surface area contributed by atoms with Crippen LogP contribution in [0.4, 0.5) is 11.4 Å². The highest BCUT2D eigenvalue weighted by Gasteiger charge is 2.06. The highest BCUT2D eigenvalue weighted by atomic mass is 35.5. The number of carbonyl (C=O) groups excluding carboxylic acids is 1. The Morgan fingerprint density at radius 1 is 1.21 bits per heavy atom. The first-order valence-electron chi connectivity index (χ1n) is 6.75. The number of hydrogen-bond donors (Lipinski definition) is 2. The predicted molar refractivity (Wildman–Crippen MR) is 97.9 cm³/mol. The topological polar surface area (TPSA) is 84.3 Å². The number of hydrogen-bond acceptors (Lipinski definition) is 4. The largest absolute Gasteiger partial charge is 0.331 e. The summed E-state index contributed by atoms with van der Waals surface area (Å²) in [6, 6.07) is 12.9. The van der Waals surface area contributed by atoms with Crippen LogP contribution in [0, 0.1) is 10.1 Å². The minimum atomic E-state index is -0.500. The van der Waals surface area contributed by atoms with Gasteiger partial charge >= 0.3 is 0 Å². The molecule has 0 aromatic heterocycles. The van der Waals surface area contributed by atoms with Crippen molar-refractivity contribution in [2.45, 2.75) is 0 Å². The zero-order valence-electron chi connectivity index (χ0n) is 12.2. The number of para-hydroxylation sites is 1. The minimum Gasteiger partial charge on any atom is -0.331 e. The molecule has 0 saturated heterocycles. The molecule has 24 heavy (non-hydrogen) atoms. The van der Waals surface area contributed by atoms with Crippen LogP contribution in [0.1, 0.15) is 5.56 Å². The standard InChI is InChI=1S/C16H12ClN3O3S/c17-13-6-1-2-7-14(13)18-16(24)19-15(21)9-8-11-4-3-5-12(10-11)20(22)23/h1-10H,(H2,18,19,21,24)/b9-8+. The van der Waals surface area contributed by atoms with Gasteiger partial charge in [0.15, 0.2) is 5.11 Å². The van der Waals surface area contributed by atoms with Gasteiger partial charge in [-0.1, -0.05) is 35.9 Å². The molecule has 0 heterocycles. The van der Waals surface area contributed by atoms with Crippen LogP contribution in [0.5, 0.6) is 0 Å². The van der Waals surface area contributed by atoms with E-state index in [1.807, 2.05) is 0 Å². The van der Waals surface area contributed by atoms with Crippen molar-refractivity contribution in [2.75, 3.05) is 5.32 Å². The second kappa shape index (κ2) is 8.19. The molecule has 2 aromatic rings. The summed E-state index contributed by atoms with van der Waals surface area (Å²) < 4.78 is 0. The lowest BCUT2D eigenvalue weighted by Crippen LogP contribution is -2.32. The highest BCUT2D eigenvalue weighted by molar-refractivity contribution is 7.80. The summed E-state index contributed by atoms with van der Waals surface area (Å²) in [6.45, 7) is 0. The van der Waals surface area contributed by atoms with Crippen molar-refractivity contribution in [3.8, 4) is 0 Å². The summed E-state index contributed by atoms with van der Waals surface area (Å²) >= 11 is 11.0. The van der Waals surface area contributed by atoms with Crippen LogP contribution < -0.4 is 10.6 Å². The van der Waals surface area contributed by atoms with Gasteiger partial charge in [-0.25, -0.2) is 0 Å². The smallest absolute Gasteiger partial charge is 0.270 e. The summed E-state index contributed by atoms with van der Waals surface area (Å²) in [6.07, 6.45) is 2.69. The van der Waals surface area contributed by atoms with E-state index in [1.165, 1.54) is 24.3 Å². The molecule has 0 saturated carbocycles. The molecule has 2 N–H and O–H groups in total. The van der Waals surface area contributed by atoms with E-state index in [1.54, 1.807) is 36.4 Å². The summed E-state index contributed by atoms with van der Waals surface area (Å²) in [5.74, 6) is -0.467. The maximum atomic E-state index is 11.8. The maximum absolute atomic E-state index is 11.8. The van der Waals surface area contributed by atoms with Gasteiger partial charge in [-0.05, 0) is 36.0 Å². The number of carbonyl (C=O) groups is 1. The second-order valence-electron chi connectivity index (χ2n) is 4.61. The highest BCUT2D eigenvalue weighted by Crippen LogP contribution is 2.20. The van der Waals surface area contributed by atoms with Gasteiger partial charge in [-0.2, -0.15) is 0 Å². The minimum absolute atomic E-state index is 0.0477. The number of anilines is 1. The number of rotatable bonds is 4. The van der Waals surface area contributed by atoms with Crippen LogP contribution in [-0.2, 0) is 4.79 Å². The molecule has 2 aromatic carbocycles. The fourth-order valence-electron chi connectivity index (χ4n) is 1.78. The van der Waals surface area contributed by atoms with Crippen molar-refractivity contribution in [3.63, 3.8) is 0 Å². The lowest BCUT2D eigenvalue weighted by molar-refractivity contribution is -0.384. The Morgan fingerprint density at radius 3 is 2.67 bits per heavy atom. The fourth-order valence-corrected chi connectivity index (χ4v) is 2.18. The van der Waals surface area contributed by atoms with E-state index in [0.29, 0.717) is 16.3 Å². The van der Waals surface area contributed by atoms with Crippen molar-refractivity contribution in [2.24, 2.45) is 0 Å². The second-order valence-corrected chi connectivity index (χ2v) is 5.42. The first kappa shape index (κ1) is 17.6. The summed E-state index contributed by atoms with van der Waals surface area (Å²) in [4.78, 5) is 22.0. The van der Waals surface area contributed by atoms with Crippen LogP contribution in [0.2, 0.25) is 5.02 Å². The van der Waals surface area contributed by atoms with Crippen molar-refractivity contribution in [1.29, 1.82) is 0 Å². The molecule has 0 fully saturated rings. The van der Waals surface area contributed by atoms with Crippen LogP contribution in [0.15, 0.2) is 54.6 Å². The SMILES string of the molecule is O=C(/C=C/c1cccc([N+](=O)[O-])c1)NC(=S)Nc1ccccc1Cl. The Morgan fingerprint density at radius 2 is 1.96 bits per heavy atom. The van der Waals surface area contributed by atoms with E-state index >= 15 is 0 Å². The normalized spacial score (nSPS) is 10.4. The van der Waals surface area contributed by atoms with Crippen LogP contribution in [0.3, 0.4) is 0 Å². The van der Waals surface area contributed by atoms with Gasteiger partial charge in [-0.15, -0.1) is 0 Å². The molecule has 6 nitrogen and oxygen atoms in total. The summed E-state index contributed by atoms with van der Waals surface area (Å²) in [7, 11) is 0. The number of nitro groups is 1. The van der Waals surface area contributed by atoms with Crippen LogP contribution in [0.25, 0.3) is 6.08 Å². The number of non-ortho nitro benzene ring substituents is 1. The molecule has 0 radical (unpaired) electrons. The lowest BCUT2D eigenvalue weighted by Gasteiger charge is -2.09. The van der Waals surface area contributed by atoms with E-state index in [9.17, 15) is 14.9 Å². The molecule has 0 aliphatic rings. The Kier molecular flexibility index (Phi) is 6.00. The zero-order chi connectivity index (χ0) is 17.5. The fraction of sp³-hybridized carbons (Fsp3) is 0. The molecule has 8 heteroatoms. The zero-order valence-corrected chi connectivity index (χ0v) is 13.8. The molecular weight excluding hydrogens is 350 g/mol. The van der Waals surface area contributed by atoms with Gasteiger partial charge in [0.05, 0.1) is 15.6 Å². The first-order chi connectivity index (χ1) is 11.5. The summed E-state index contributed by atoms with van der Waals surface area (Å²) in [5.41, 5.74) is 1.06. The summed E-state index contributed by atoms with van der Waals surface area (Å²) in [5, 5.41) is 16.5. The first-order valence-corrected chi connectivity index (χ1v) is 7.53. The average molecular weight is 362 g/mol. The van der Waals surface area contributed by atoms with E-state index in [4.69, 9.17) is 23.8 Å². The molecule has 0 unspecified atom stereocenters. The molecule has 0 aliphatic heterocycles. The maximum Gasteiger partial charge on any atom is 0.270 e. The Labute approximate surface area is 148 Å². The molecule has 0 atom stereocenters. The Hall–Kier alpha value is -2.77. The third-order valence-corrected chi connectivity index (χ3v) is 3.40. The van der Waals surface area contributed by atoms with Gasteiger partial charge in [0.1, 0.15) is 0 Å². The Balaban J connectivity index is 1.95. The number of nitro benzene ring substituents is 1. The molecule has 122 valence electrons. The van der Waals surface area contributed by atoms with E-state index in [0.717, 1.165) is 0 Å². The average Bonchev–Trinajstić information content (AvgIpc) is 2.55. The Bertz CT molecular complexity index is 824. The van der Waals surface area contributed by atoms with Gasteiger partial charge in [0, 0.05) is 18.2 Å². The number of benzene rings is 2. The van der Waals surface area contributed by atoms with E-state index in [-0.39, 0.29) is 10.8 Å². The monoisotopic (exact) mass is 361 g/mol. The molecule has 2 rings (SSSR count). The van der Waals surface area contributed by atoms with E-state index < -0.39 is 10.8 Å². The molecule has 0 spiro atoms. The third kappa shape index (κ3) is 5.15. The number of nitrogens with zero attached hydrogens (tertiary/aromatic N) is 1. The third-order valence-electron chi connectivity index (χ3n) is 2.87. The predicted octanol–water partition coefficient (Wildman–Crippen LogP) is 3.77. The van der Waals surface area contributed by atoms with Crippen LogP contribution >= 0.6 is 23.8 Å². The van der Waals surface area contributed by atoms with Gasteiger partial charge in [-0.3, -0.25) is 20.2 Å². The van der Waals surface area contributed by atoms with Gasteiger partial charge < -0.3 is 5.32 Å². The van der Waals surface area contributed by atoms with Gasteiger partial charge in [0.2, 0.25) is 5.91 Å². The van der Waals surface area contributed by atoms with E-state index in [2.05, 4.69) is 10.6 Å². The number of halogens is 1. The van der Waals surface area contributed by atoms with Crippen molar-refractivity contribution in [3.05, 3.63) is 75.3 Å². The number of thiocarbonyl (C=S) groups is 1. The number of amides is 1. The van der Waals surface area contributed by atoms with Crippen molar-refractivity contribution < 1.29 is 9.72 Å². The molecule has 0 aliphatic carbocycles. The van der Waals surface area contributed by atoms with Crippen molar-refractivity contribution in [1.82, 2.24) is 5.32 Å². The molecule has 0 bridgehead atoms. The lowest BCUT2D eigenvalue weighted by atomic mass is 10.2. The van der Waals surface area contributed by atoms with Crippen molar-refractivity contribution >= 4 is 52.3 Å². The van der Waals surface area contributed by atoms with Crippen LogP contribution in [-0.4, -0.2) is 15.9 Å². The molecular formula is C16H12ClN3O3S. The van der Waals surface area contributed by atoms with Gasteiger partial charge in [0.25, 0.3) is 5.69 Å². The number of nitrogens with one attached hydrogen (secondary N) is 2.